The molecule has 112 valence electrons. The fourth-order valence-corrected chi connectivity index (χ4v) is 2.62. The number of nitrogens with one attached hydrogen (secondary N) is 1. The standard InChI is InChI=1S/C14H19N5O2/c1-8(2)12-15-7-10(17-12)14(20)19-6-4-5-11(19)13-16-9(3)21-18-13/h7-8,11H,4-6H2,1-3H3,(H,15,17)/t11-/m0/s1. The number of likely N-dealkylation sites (tertiary alicyclic amines) is 1. The number of aromatic amines is 1. The van der Waals surface area contributed by atoms with Crippen molar-refractivity contribution < 1.29 is 9.32 Å². The van der Waals surface area contributed by atoms with Crippen LogP contribution in [0.15, 0.2) is 10.7 Å². The molecule has 0 radical (unpaired) electrons. The second kappa shape index (κ2) is 5.31. The monoisotopic (exact) mass is 289 g/mol. The third-order valence-electron chi connectivity index (χ3n) is 3.73. The van der Waals surface area contributed by atoms with Crippen molar-refractivity contribution in [2.75, 3.05) is 6.54 Å². The fraction of sp³-hybridized carbons (Fsp3) is 0.571. The number of hydrogen-bond acceptors (Lipinski definition) is 5. The van der Waals surface area contributed by atoms with Crippen LogP contribution in [-0.4, -0.2) is 37.5 Å². The Morgan fingerprint density at radius 1 is 1.52 bits per heavy atom. The molecule has 0 unspecified atom stereocenters. The molecule has 0 saturated carbocycles. The smallest absolute Gasteiger partial charge is 0.272 e. The molecule has 1 N–H and O–H groups in total. The zero-order valence-corrected chi connectivity index (χ0v) is 12.5. The Morgan fingerprint density at radius 3 is 2.95 bits per heavy atom. The molecule has 1 amide bonds. The van der Waals surface area contributed by atoms with E-state index in [0.29, 0.717) is 24.0 Å². The van der Waals surface area contributed by atoms with E-state index in [9.17, 15) is 4.79 Å². The molecule has 7 nitrogen and oxygen atoms in total. The summed E-state index contributed by atoms with van der Waals surface area (Å²) in [4.78, 5) is 26.0. The molecule has 1 fully saturated rings. The van der Waals surface area contributed by atoms with Crippen molar-refractivity contribution in [1.29, 1.82) is 0 Å². The Kier molecular flexibility index (Phi) is 3.48. The Balaban J connectivity index is 1.82. The number of aromatic nitrogens is 4. The van der Waals surface area contributed by atoms with Gasteiger partial charge in [0, 0.05) is 19.4 Å². The number of imidazole rings is 1. The summed E-state index contributed by atoms with van der Waals surface area (Å²) in [6.45, 7) is 6.52. The summed E-state index contributed by atoms with van der Waals surface area (Å²) in [6, 6.07) is -0.110. The van der Waals surface area contributed by atoms with Crippen LogP contribution in [0.4, 0.5) is 0 Å². The van der Waals surface area contributed by atoms with E-state index in [0.717, 1.165) is 18.7 Å². The van der Waals surface area contributed by atoms with Crippen LogP contribution in [0, 0.1) is 6.92 Å². The van der Waals surface area contributed by atoms with E-state index in [4.69, 9.17) is 4.52 Å². The summed E-state index contributed by atoms with van der Waals surface area (Å²) in [5.74, 6) is 2.14. The largest absolute Gasteiger partial charge is 0.340 e. The summed E-state index contributed by atoms with van der Waals surface area (Å²) < 4.78 is 5.03. The van der Waals surface area contributed by atoms with Gasteiger partial charge in [-0.1, -0.05) is 19.0 Å². The number of aryl methyl sites for hydroxylation is 1. The van der Waals surface area contributed by atoms with Crippen LogP contribution in [0.1, 0.15) is 66.7 Å². The average molecular weight is 289 g/mol. The lowest BCUT2D eigenvalue weighted by Crippen LogP contribution is -2.31. The average Bonchev–Trinajstić information content (AvgIpc) is 3.17. The predicted molar refractivity (Wildman–Crippen MR) is 74.7 cm³/mol. The molecular formula is C14H19N5O2. The summed E-state index contributed by atoms with van der Waals surface area (Å²) >= 11 is 0. The topological polar surface area (TPSA) is 87.9 Å². The van der Waals surface area contributed by atoms with E-state index in [2.05, 4.69) is 20.1 Å². The van der Waals surface area contributed by atoms with Crippen molar-refractivity contribution in [2.24, 2.45) is 0 Å². The minimum Gasteiger partial charge on any atom is -0.340 e. The van der Waals surface area contributed by atoms with E-state index < -0.39 is 0 Å². The normalized spacial score (nSPS) is 18.7. The maximum Gasteiger partial charge on any atom is 0.272 e. The van der Waals surface area contributed by atoms with Gasteiger partial charge in [-0.05, 0) is 12.8 Å². The van der Waals surface area contributed by atoms with Crippen LogP contribution >= 0.6 is 0 Å². The van der Waals surface area contributed by atoms with Crippen molar-refractivity contribution in [2.45, 2.75) is 45.6 Å². The van der Waals surface area contributed by atoms with E-state index in [1.54, 1.807) is 18.0 Å². The Bertz CT molecular complexity index is 645. The van der Waals surface area contributed by atoms with E-state index in [1.807, 2.05) is 13.8 Å². The van der Waals surface area contributed by atoms with E-state index in [1.165, 1.54) is 0 Å². The van der Waals surface area contributed by atoms with Crippen LogP contribution in [0.3, 0.4) is 0 Å². The fourth-order valence-electron chi connectivity index (χ4n) is 2.62. The molecule has 0 spiro atoms. The Morgan fingerprint density at radius 2 is 2.33 bits per heavy atom. The minimum absolute atomic E-state index is 0.0562. The van der Waals surface area contributed by atoms with Gasteiger partial charge < -0.3 is 14.4 Å². The van der Waals surface area contributed by atoms with Crippen molar-refractivity contribution in [1.82, 2.24) is 25.0 Å². The summed E-state index contributed by atoms with van der Waals surface area (Å²) in [5.41, 5.74) is 0.519. The first kappa shape index (κ1) is 13.8. The Labute approximate surface area is 122 Å². The third-order valence-corrected chi connectivity index (χ3v) is 3.73. The highest BCUT2D eigenvalue weighted by atomic mass is 16.5. The van der Waals surface area contributed by atoms with Gasteiger partial charge in [0.15, 0.2) is 5.82 Å². The van der Waals surface area contributed by atoms with Crippen molar-refractivity contribution >= 4 is 5.91 Å². The van der Waals surface area contributed by atoms with Crippen LogP contribution < -0.4 is 0 Å². The van der Waals surface area contributed by atoms with E-state index >= 15 is 0 Å². The number of carbonyl (C=O) groups is 1. The lowest BCUT2D eigenvalue weighted by atomic mass is 10.2. The predicted octanol–water partition coefficient (Wildman–Crippen LogP) is 2.20. The molecule has 2 aromatic rings. The minimum atomic E-state index is -0.110. The van der Waals surface area contributed by atoms with Gasteiger partial charge in [0.05, 0.1) is 12.2 Å². The molecule has 7 heteroatoms. The lowest BCUT2D eigenvalue weighted by molar-refractivity contribution is 0.0722. The molecule has 1 atom stereocenters. The van der Waals surface area contributed by atoms with Crippen molar-refractivity contribution in [3.05, 3.63) is 29.4 Å². The molecule has 3 heterocycles. The zero-order chi connectivity index (χ0) is 15.0. The molecule has 0 aliphatic carbocycles. The van der Waals surface area contributed by atoms with Crippen molar-refractivity contribution in [3.8, 4) is 0 Å². The van der Waals surface area contributed by atoms with E-state index in [-0.39, 0.29) is 17.9 Å². The highest BCUT2D eigenvalue weighted by Gasteiger charge is 2.34. The number of hydrogen-bond donors (Lipinski definition) is 1. The molecule has 0 aromatic carbocycles. The number of carbonyl (C=O) groups excluding carboxylic acids is 1. The first-order chi connectivity index (χ1) is 10.1. The maximum absolute atomic E-state index is 12.6. The summed E-state index contributed by atoms with van der Waals surface area (Å²) in [6.07, 6.45) is 3.40. The highest BCUT2D eigenvalue weighted by Crippen LogP contribution is 2.31. The lowest BCUT2D eigenvalue weighted by Gasteiger charge is -2.21. The SMILES string of the molecule is Cc1nc([C@@H]2CCCN2C(=O)c2cnc(C(C)C)[nH]2)no1. The van der Waals surface area contributed by atoms with Crippen LogP contribution in [-0.2, 0) is 0 Å². The first-order valence-electron chi connectivity index (χ1n) is 7.22. The molecule has 0 bridgehead atoms. The Hall–Kier alpha value is -2.18. The molecule has 21 heavy (non-hydrogen) atoms. The van der Waals surface area contributed by atoms with Crippen LogP contribution in [0.5, 0.6) is 0 Å². The van der Waals surface area contributed by atoms with Gasteiger partial charge >= 0.3 is 0 Å². The quantitative estimate of drug-likeness (QED) is 0.935. The molecule has 2 aromatic heterocycles. The first-order valence-corrected chi connectivity index (χ1v) is 7.22. The zero-order valence-electron chi connectivity index (χ0n) is 12.5. The van der Waals surface area contributed by atoms with Gasteiger partial charge in [-0.15, -0.1) is 0 Å². The molecule has 1 aliphatic heterocycles. The van der Waals surface area contributed by atoms with Crippen LogP contribution in [0.25, 0.3) is 0 Å². The molecule has 1 saturated heterocycles. The number of H-pyrrole nitrogens is 1. The highest BCUT2D eigenvalue weighted by molar-refractivity contribution is 5.92. The summed E-state index contributed by atoms with van der Waals surface area (Å²) in [5, 5.41) is 3.95. The number of rotatable bonds is 3. The van der Waals surface area contributed by atoms with Crippen LogP contribution in [0.2, 0.25) is 0 Å². The van der Waals surface area contributed by atoms with Gasteiger partial charge in [0.1, 0.15) is 11.5 Å². The van der Waals surface area contributed by atoms with Gasteiger partial charge in [-0.25, -0.2) is 4.98 Å². The second-order valence-corrected chi connectivity index (χ2v) is 5.66. The second-order valence-electron chi connectivity index (χ2n) is 5.66. The van der Waals surface area contributed by atoms with Gasteiger partial charge in [0.2, 0.25) is 5.89 Å². The number of nitrogens with zero attached hydrogens (tertiary/aromatic N) is 4. The summed E-state index contributed by atoms with van der Waals surface area (Å²) in [7, 11) is 0. The molecular weight excluding hydrogens is 270 g/mol. The third kappa shape index (κ3) is 2.55. The van der Waals surface area contributed by atoms with Gasteiger partial charge in [-0.2, -0.15) is 4.98 Å². The number of amides is 1. The van der Waals surface area contributed by atoms with Gasteiger partial charge in [0.25, 0.3) is 5.91 Å². The maximum atomic E-state index is 12.6. The molecule has 3 rings (SSSR count). The molecule has 1 aliphatic rings. The van der Waals surface area contributed by atoms with Crippen molar-refractivity contribution in [3.63, 3.8) is 0 Å². The van der Waals surface area contributed by atoms with Gasteiger partial charge in [-0.3, -0.25) is 4.79 Å².